The molecule has 1 aromatic carbocycles. The highest BCUT2D eigenvalue weighted by atomic mass is 32.2. The highest BCUT2D eigenvalue weighted by molar-refractivity contribution is 7.88. The van der Waals surface area contributed by atoms with Crippen LogP contribution in [0.15, 0.2) is 22.7 Å². The summed E-state index contributed by atoms with van der Waals surface area (Å²) in [6.45, 7) is 0. The van der Waals surface area contributed by atoms with Crippen LogP contribution in [0.2, 0.25) is 0 Å². The number of alkyl halides is 3. The van der Waals surface area contributed by atoms with E-state index in [1.165, 1.54) is 0 Å². The first-order chi connectivity index (χ1) is 8.75. The second kappa shape index (κ2) is 4.10. The molecule has 1 aromatic heterocycles. The lowest BCUT2D eigenvalue weighted by Crippen LogP contribution is -2.10. The molecule has 0 N–H and O–H groups in total. The SMILES string of the molecule is [N-]=[N+]=NS(=O)(=O)n1nnc2cc(C(F)(F)F)ccc21. The van der Waals surface area contributed by atoms with E-state index in [0.717, 1.165) is 6.07 Å². The Morgan fingerprint density at radius 3 is 2.63 bits per heavy atom. The number of fused-ring (bicyclic) bond motifs is 1. The first-order valence-corrected chi connectivity index (χ1v) is 5.90. The van der Waals surface area contributed by atoms with Crippen LogP contribution in [-0.2, 0) is 16.4 Å². The Balaban J connectivity index is 2.68. The highest BCUT2D eigenvalue weighted by Gasteiger charge is 2.31. The van der Waals surface area contributed by atoms with Gasteiger partial charge in [-0.2, -0.15) is 21.6 Å². The van der Waals surface area contributed by atoms with Crippen molar-refractivity contribution < 1.29 is 21.6 Å². The standard InChI is InChI=1S/C7H3F3N6O2S/c8-7(9,10)4-1-2-6-5(3-4)12-14-16(6)19(17,18)15-13-11/h1-3H. The molecule has 1 heterocycles. The molecule has 0 bridgehead atoms. The van der Waals surface area contributed by atoms with Crippen molar-refractivity contribution >= 4 is 21.2 Å². The third-order valence-electron chi connectivity index (χ3n) is 2.10. The molecule has 0 fully saturated rings. The maximum Gasteiger partial charge on any atom is 0.416 e. The van der Waals surface area contributed by atoms with E-state index in [9.17, 15) is 21.6 Å². The minimum absolute atomic E-state index is 0.222. The minimum Gasteiger partial charge on any atom is -0.196 e. The van der Waals surface area contributed by atoms with Crippen molar-refractivity contribution in [2.75, 3.05) is 0 Å². The number of aromatic nitrogens is 3. The smallest absolute Gasteiger partial charge is 0.196 e. The molecule has 0 unspecified atom stereocenters. The molecule has 0 saturated heterocycles. The molecular formula is C7H3F3N6O2S. The Bertz CT molecular complexity index is 789. The number of hydrogen-bond donors (Lipinski definition) is 0. The summed E-state index contributed by atoms with van der Waals surface area (Å²) in [5, 5.41) is 6.45. The predicted octanol–water partition coefficient (Wildman–Crippen LogP) is 1.85. The fraction of sp³-hybridized carbons (Fsp3) is 0.143. The average molecular weight is 292 g/mol. The lowest BCUT2D eigenvalue weighted by Gasteiger charge is -2.05. The van der Waals surface area contributed by atoms with Crippen LogP contribution >= 0.6 is 0 Å². The van der Waals surface area contributed by atoms with Crippen molar-refractivity contribution in [2.45, 2.75) is 6.18 Å². The van der Waals surface area contributed by atoms with Gasteiger partial charge in [-0.15, -0.1) is 9.19 Å². The highest BCUT2D eigenvalue weighted by Crippen LogP contribution is 2.31. The molecule has 0 amide bonds. The van der Waals surface area contributed by atoms with Gasteiger partial charge in [0.25, 0.3) is 0 Å². The largest absolute Gasteiger partial charge is 0.416 e. The van der Waals surface area contributed by atoms with Crippen LogP contribution < -0.4 is 0 Å². The van der Waals surface area contributed by atoms with E-state index >= 15 is 0 Å². The maximum absolute atomic E-state index is 12.4. The lowest BCUT2D eigenvalue weighted by molar-refractivity contribution is -0.137. The molecule has 19 heavy (non-hydrogen) atoms. The summed E-state index contributed by atoms with van der Waals surface area (Å²) in [6, 6.07) is 2.20. The molecule has 0 atom stereocenters. The zero-order chi connectivity index (χ0) is 14.3. The molecule has 12 heteroatoms. The van der Waals surface area contributed by atoms with Gasteiger partial charge in [0.15, 0.2) is 0 Å². The van der Waals surface area contributed by atoms with E-state index in [2.05, 4.69) is 19.7 Å². The predicted molar refractivity (Wildman–Crippen MR) is 56.0 cm³/mol. The van der Waals surface area contributed by atoms with Gasteiger partial charge < -0.3 is 0 Å². The molecule has 100 valence electrons. The van der Waals surface area contributed by atoms with Gasteiger partial charge in [-0.1, -0.05) is 5.21 Å². The van der Waals surface area contributed by atoms with Crippen LogP contribution in [0, 0.1) is 0 Å². The van der Waals surface area contributed by atoms with Crippen LogP contribution in [0.4, 0.5) is 13.2 Å². The normalized spacial score (nSPS) is 12.4. The molecule has 2 rings (SSSR count). The Morgan fingerprint density at radius 2 is 2.05 bits per heavy atom. The van der Waals surface area contributed by atoms with Gasteiger partial charge >= 0.3 is 16.4 Å². The third-order valence-corrected chi connectivity index (χ3v) is 3.09. The van der Waals surface area contributed by atoms with Crippen molar-refractivity contribution in [3.05, 3.63) is 34.2 Å². The summed E-state index contributed by atoms with van der Waals surface area (Å²) < 4.78 is 62.9. The van der Waals surface area contributed by atoms with E-state index in [0.29, 0.717) is 12.1 Å². The molecular weight excluding hydrogens is 289 g/mol. The third kappa shape index (κ3) is 2.30. The summed E-state index contributed by atoms with van der Waals surface area (Å²) in [5.41, 5.74) is 6.59. The molecule has 0 aliphatic carbocycles. The van der Waals surface area contributed by atoms with Gasteiger partial charge in [0, 0.05) is 4.91 Å². The first kappa shape index (κ1) is 13.1. The monoisotopic (exact) mass is 292 g/mol. The van der Waals surface area contributed by atoms with Crippen LogP contribution in [0.5, 0.6) is 0 Å². The van der Waals surface area contributed by atoms with E-state index in [1.54, 1.807) is 0 Å². The zero-order valence-corrected chi connectivity index (χ0v) is 9.59. The van der Waals surface area contributed by atoms with E-state index in [4.69, 9.17) is 5.53 Å². The lowest BCUT2D eigenvalue weighted by atomic mass is 10.2. The zero-order valence-electron chi connectivity index (χ0n) is 8.77. The van der Waals surface area contributed by atoms with Crippen molar-refractivity contribution in [3.63, 3.8) is 0 Å². The summed E-state index contributed by atoms with van der Waals surface area (Å²) in [4.78, 5) is 2.10. The average Bonchev–Trinajstić information content (AvgIpc) is 2.70. The van der Waals surface area contributed by atoms with Crippen LogP contribution in [0.25, 0.3) is 21.5 Å². The molecule has 0 saturated carbocycles. The minimum atomic E-state index is -4.58. The van der Waals surface area contributed by atoms with Gasteiger partial charge in [0.2, 0.25) is 0 Å². The fourth-order valence-corrected chi connectivity index (χ4v) is 2.02. The van der Waals surface area contributed by atoms with E-state index < -0.39 is 21.9 Å². The van der Waals surface area contributed by atoms with Gasteiger partial charge in [-0.05, 0) is 23.7 Å². The van der Waals surface area contributed by atoms with Gasteiger partial charge in [-0.25, -0.2) is 0 Å². The Kier molecular flexibility index (Phi) is 2.83. The number of halogens is 3. The first-order valence-electron chi connectivity index (χ1n) is 4.50. The molecule has 0 aliphatic heterocycles. The summed E-state index contributed by atoms with van der Waals surface area (Å²) >= 11 is 0. The quantitative estimate of drug-likeness (QED) is 0.477. The number of hydrogen-bond acceptors (Lipinski definition) is 4. The van der Waals surface area contributed by atoms with Crippen LogP contribution in [0.1, 0.15) is 5.56 Å². The second-order valence-corrected chi connectivity index (χ2v) is 4.69. The summed E-state index contributed by atoms with van der Waals surface area (Å²) in [7, 11) is -4.47. The Labute approximate surface area is 103 Å². The van der Waals surface area contributed by atoms with Gasteiger partial charge in [-0.3, -0.25) is 0 Å². The van der Waals surface area contributed by atoms with Crippen molar-refractivity contribution in [3.8, 4) is 0 Å². The number of rotatable bonds is 2. The van der Waals surface area contributed by atoms with Crippen LogP contribution in [-0.4, -0.2) is 22.8 Å². The fourth-order valence-electron chi connectivity index (χ4n) is 1.33. The molecule has 2 aromatic rings. The van der Waals surface area contributed by atoms with E-state index in [1.807, 2.05) is 0 Å². The molecule has 0 aliphatic rings. The van der Waals surface area contributed by atoms with Crippen molar-refractivity contribution in [1.82, 2.24) is 14.4 Å². The second-order valence-electron chi connectivity index (χ2n) is 3.28. The Morgan fingerprint density at radius 1 is 1.37 bits per heavy atom. The maximum atomic E-state index is 12.4. The van der Waals surface area contributed by atoms with Gasteiger partial charge in [0.1, 0.15) is 11.0 Å². The van der Waals surface area contributed by atoms with Gasteiger partial charge in [0.05, 0.1) is 10.1 Å². The number of benzene rings is 1. The topological polar surface area (TPSA) is 114 Å². The van der Waals surface area contributed by atoms with Crippen LogP contribution in [0.3, 0.4) is 0 Å². The number of nitrogens with zero attached hydrogens (tertiary/aromatic N) is 6. The van der Waals surface area contributed by atoms with Crippen molar-refractivity contribution in [2.24, 2.45) is 4.52 Å². The molecule has 0 radical (unpaired) electrons. The molecule has 0 spiro atoms. The van der Waals surface area contributed by atoms with E-state index in [-0.39, 0.29) is 15.1 Å². The Hall–Kier alpha value is -2.33. The summed E-state index contributed by atoms with van der Waals surface area (Å²) in [5.74, 6) is 0. The van der Waals surface area contributed by atoms with Crippen molar-refractivity contribution in [1.29, 1.82) is 0 Å². The number of azide groups is 1. The summed E-state index contributed by atoms with van der Waals surface area (Å²) in [6.07, 6.45) is -4.58. The molecule has 8 nitrogen and oxygen atoms in total.